The van der Waals surface area contributed by atoms with E-state index in [1.807, 2.05) is 13.0 Å². The lowest BCUT2D eigenvalue weighted by Gasteiger charge is -2.39. The molecule has 50 heavy (non-hydrogen) atoms. The minimum absolute atomic E-state index is 0.00492. The van der Waals surface area contributed by atoms with Crippen LogP contribution in [-0.2, 0) is 27.7 Å². The largest absolute Gasteiger partial charge is 0.505 e. The molecule has 0 radical (unpaired) electrons. The molecule has 0 saturated carbocycles. The average Bonchev–Trinajstić information content (AvgIpc) is 3.65. The van der Waals surface area contributed by atoms with Crippen LogP contribution in [0.5, 0.6) is 5.75 Å². The van der Waals surface area contributed by atoms with Crippen LogP contribution in [0.1, 0.15) is 71.7 Å². The Kier molecular flexibility index (Phi) is 8.63. The monoisotopic (exact) mass is 731 g/mol. The van der Waals surface area contributed by atoms with Crippen LogP contribution in [0, 0.1) is 0 Å². The summed E-state index contributed by atoms with van der Waals surface area (Å²) in [4.78, 5) is 51.6. The molecule has 262 valence electrons. The first-order chi connectivity index (χ1) is 23.8. The summed E-state index contributed by atoms with van der Waals surface area (Å²) in [5, 5.41) is 17.2. The molecule has 1 fully saturated rings. The number of likely N-dealkylation sites (tertiary alicyclic amines) is 1. The van der Waals surface area contributed by atoms with Crippen LogP contribution in [0.15, 0.2) is 41.2 Å². The van der Waals surface area contributed by atoms with Gasteiger partial charge in [0.2, 0.25) is 11.7 Å². The smallest absolute Gasteiger partial charge is 0.416 e. The number of nitrogens with one attached hydrogen (secondary N) is 1. The number of nitrogens with zero attached hydrogens (tertiary/aromatic N) is 6. The molecule has 1 aliphatic carbocycles. The van der Waals surface area contributed by atoms with Crippen LogP contribution in [0.25, 0.3) is 11.4 Å². The molecule has 2 N–H and O–H groups in total. The third-order valence-corrected chi connectivity index (χ3v) is 10.2. The van der Waals surface area contributed by atoms with Crippen LogP contribution in [0.2, 0.25) is 10.2 Å². The molecular weight excluding hydrogens is 702 g/mol. The number of hydrogen-bond acceptors (Lipinski definition) is 8. The number of benzene rings is 1. The second-order valence-electron chi connectivity index (χ2n) is 12.8. The number of fused-ring (bicyclic) bond motifs is 3. The van der Waals surface area contributed by atoms with E-state index in [1.54, 1.807) is 9.47 Å². The fourth-order valence-electron chi connectivity index (χ4n) is 7.34. The van der Waals surface area contributed by atoms with Gasteiger partial charge in [-0.05, 0) is 67.5 Å². The predicted molar refractivity (Wildman–Crippen MR) is 177 cm³/mol. The van der Waals surface area contributed by atoms with E-state index in [-0.39, 0.29) is 64.2 Å². The number of amides is 2. The maximum Gasteiger partial charge on any atom is 0.416 e. The van der Waals surface area contributed by atoms with Crippen molar-refractivity contribution in [2.75, 3.05) is 31.6 Å². The van der Waals surface area contributed by atoms with Crippen molar-refractivity contribution in [3.05, 3.63) is 85.3 Å². The second-order valence-corrected chi connectivity index (χ2v) is 13.6. The number of hydrogen-bond donors (Lipinski definition) is 2. The van der Waals surface area contributed by atoms with Crippen LogP contribution in [0.4, 0.5) is 18.9 Å². The topological polar surface area (TPSA) is 144 Å². The van der Waals surface area contributed by atoms with Crippen molar-refractivity contribution in [3.63, 3.8) is 0 Å². The molecule has 1 spiro atoms. The van der Waals surface area contributed by atoms with Crippen LogP contribution in [0.3, 0.4) is 0 Å². The summed E-state index contributed by atoms with van der Waals surface area (Å²) < 4.78 is 47.9. The molecule has 1 aromatic carbocycles. The number of carbonyl (C=O) groups excluding carboxylic acids is 2. The molecule has 7 rings (SSSR count). The number of anilines is 1. The van der Waals surface area contributed by atoms with Gasteiger partial charge in [-0.3, -0.25) is 14.4 Å². The summed E-state index contributed by atoms with van der Waals surface area (Å²) in [7, 11) is 0. The first-order valence-electron chi connectivity index (χ1n) is 15.9. The quantitative estimate of drug-likeness (QED) is 0.259. The Morgan fingerprint density at radius 2 is 1.90 bits per heavy atom. The fourth-order valence-corrected chi connectivity index (χ4v) is 7.72. The van der Waals surface area contributed by atoms with Gasteiger partial charge in [-0.1, -0.05) is 36.2 Å². The zero-order valence-corrected chi connectivity index (χ0v) is 28.1. The van der Waals surface area contributed by atoms with Gasteiger partial charge >= 0.3 is 6.18 Å². The van der Waals surface area contributed by atoms with Gasteiger partial charge in [-0.2, -0.15) is 22.7 Å². The van der Waals surface area contributed by atoms with Gasteiger partial charge < -0.3 is 24.6 Å². The molecule has 1 atom stereocenters. The molecule has 17 heteroatoms. The molecule has 3 aliphatic rings. The van der Waals surface area contributed by atoms with E-state index in [1.165, 1.54) is 16.6 Å². The molecule has 12 nitrogen and oxygen atoms in total. The van der Waals surface area contributed by atoms with Gasteiger partial charge in [0, 0.05) is 29.8 Å². The van der Waals surface area contributed by atoms with Crippen molar-refractivity contribution in [1.82, 2.24) is 29.0 Å². The molecular formula is C33H30Cl2F3N7O5. The van der Waals surface area contributed by atoms with Crippen LogP contribution in [-0.4, -0.2) is 72.3 Å². The zero-order valence-electron chi connectivity index (χ0n) is 26.6. The van der Waals surface area contributed by atoms with E-state index in [2.05, 4.69) is 15.4 Å². The van der Waals surface area contributed by atoms with Crippen molar-refractivity contribution in [2.24, 2.45) is 0 Å². The Morgan fingerprint density at radius 3 is 2.58 bits per heavy atom. The zero-order chi connectivity index (χ0) is 35.5. The van der Waals surface area contributed by atoms with E-state index in [0.29, 0.717) is 56.0 Å². The Labute approximate surface area is 292 Å². The molecule has 2 aliphatic heterocycles. The van der Waals surface area contributed by atoms with Gasteiger partial charge in [0.05, 0.1) is 29.5 Å². The number of aromatic nitrogens is 5. The fraction of sp³-hybridized carbons (Fsp3) is 0.394. The number of piperidine rings is 1. The normalized spacial score (nSPS) is 18.7. The van der Waals surface area contributed by atoms with Gasteiger partial charge in [-0.15, -0.1) is 5.10 Å². The lowest BCUT2D eigenvalue weighted by Crippen LogP contribution is -2.46. The van der Waals surface area contributed by atoms with E-state index in [4.69, 9.17) is 32.9 Å². The maximum absolute atomic E-state index is 14.4. The summed E-state index contributed by atoms with van der Waals surface area (Å²) in [6, 6.07) is 5.35. The van der Waals surface area contributed by atoms with E-state index < -0.39 is 29.0 Å². The highest BCUT2D eigenvalue weighted by Crippen LogP contribution is 2.50. The Balaban J connectivity index is 1.26. The highest BCUT2D eigenvalue weighted by Gasteiger charge is 2.49. The highest BCUT2D eigenvalue weighted by molar-refractivity contribution is 6.33. The Hall–Kier alpha value is -4.47. The van der Waals surface area contributed by atoms with Crippen molar-refractivity contribution in [2.45, 2.75) is 56.7 Å². The minimum Gasteiger partial charge on any atom is -0.505 e. The Bertz CT molecular complexity index is 2140. The number of pyridine rings is 1. The lowest BCUT2D eigenvalue weighted by atomic mass is 9.73. The SMILES string of the molecule is C[C@H]1CC2(CCN(C(=O)c3nc(Cl)ccc3O)CC2)c2c1n(CC(=O)Nc1ccc(C(F)(F)F)cc1Cl)c1nc(C3=CCOCC3)nn1c2=O. The summed E-state index contributed by atoms with van der Waals surface area (Å²) in [6.45, 7) is 2.95. The molecule has 3 aromatic heterocycles. The lowest BCUT2D eigenvalue weighted by molar-refractivity contribution is -0.137. The number of carbonyl (C=O) groups is 2. The summed E-state index contributed by atoms with van der Waals surface area (Å²) in [6.07, 6.45) is -0.869. The molecule has 5 heterocycles. The standard InChI is InChI=1S/C33H30Cl2F3N7O5/c1-17-15-32(8-10-43(11-9-32)30(49)26-22(46)4-5-23(35)40-26)25-27(17)44(16-24(47)39-21-3-2-19(14-20(21)34)33(36,37)38)31-41-28(42-45(31)29(25)48)18-6-12-50-13-7-18/h2-6,14,17,46H,7-13,15-16H2,1H3,(H,39,47)/t17-/m0/s1. The summed E-state index contributed by atoms with van der Waals surface area (Å²) in [5.41, 5.74) is -0.284. The predicted octanol–water partition coefficient (Wildman–Crippen LogP) is 5.44. The summed E-state index contributed by atoms with van der Waals surface area (Å²) in [5.74, 6) is -1.12. The number of ether oxygens (including phenoxy) is 1. The van der Waals surface area contributed by atoms with Crippen LogP contribution >= 0.6 is 23.2 Å². The highest BCUT2D eigenvalue weighted by atomic mass is 35.5. The van der Waals surface area contributed by atoms with E-state index in [0.717, 1.165) is 23.8 Å². The second kappa shape index (κ2) is 12.7. The van der Waals surface area contributed by atoms with E-state index in [9.17, 15) is 32.7 Å². The number of alkyl halides is 3. The van der Waals surface area contributed by atoms with Gasteiger partial charge in [0.25, 0.3) is 11.5 Å². The molecule has 0 unspecified atom stereocenters. The summed E-state index contributed by atoms with van der Waals surface area (Å²) >= 11 is 12.1. The van der Waals surface area contributed by atoms with Crippen molar-refractivity contribution >= 4 is 52.1 Å². The van der Waals surface area contributed by atoms with Gasteiger partial charge in [-0.25, -0.2) is 4.98 Å². The van der Waals surface area contributed by atoms with Gasteiger partial charge in [0.1, 0.15) is 17.4 Å². The maximum atomic E-state index is 14.4. The third-order valence-electron chi connectivity index (χ3n) is 9.65. The molecule has 0 bridgehead atoms. The van der Waals surface area contributed by atoms with Gasteiger partial charge in [0.15, 0.2) is 11.5 Å². The third kappa shape index (κ3) is 6.00. The van der Waals surface area contributed by atoms with Crippen molar-refractivity contribution in [3.8, 4) is 5.75 Å². The first-order valence-corrected chi connectivity index (χ1v) is 16.6. The number of halogens is 5. The number of rotatable bonds is 5. The number of aromatic hydroxyl groups is 1. The molecule has 2 amide bonds. The minimum atomic E-state index is -4.61. The Morgan fingerprint density at radius 1 is 1.14 bits per heavy atom. The van der Waals surface area contributed by atoms with E-state index >= 15 is 0 Å². The van der Waals surface area contributed by atoms with Crippen LogP contribution < -0.4 is 10.9 Å². The average molecular weight is 733 g/mol. The molecule has 4 aromatic rings. The van der Waals surface area contributed by atoms with Crippen molar-refractivity contribution in [1.29, 1.82) is 0 Å². The van der Waals surface area contributed by atoms with Crippen molar-refractivity contribution < 1.29 is 32.6 Å². The molecule has 1 saturated heterocycles. The first kappa shape index (κ1) is 34.0.